The molecule has 2 amide bonds. The molecule has 5 rings (SSSR count). The predicted molar refractivity (Wildman–Crippen MR) is 127 cm³/mol. The van der Waals surface area contributed by atoms with Crippen LogP contribution in [0.4, 0.5) is 5.82 Å². The summed E-state index contributed by atoms with van der Waals surface area (Å²) in [6.45, 7) is 1.70. The Bertz CT molecular complexity index is 1180. The van der Waals surface area contributed by atoms with Crippen LogP contribution in [0.2, 0.25) is 5.02 Å². The van der Waals surface area contributed by atoms with Crippen LogP contribution in [0.1, 0.15) is 17.7 Å². The molecule has 2 aliphatic rings. The summed E-state index contributed by atoms with van der Waals surface area (Å²) >= 11 is 7.35. The molecule has 1 aromatic carbocycles. The second-order valence-corrected chi connectivity index (χ2v) is 9.56. The topological polar surface area (TPSA) is 84.4 Å². The highest BCUT2D eigenvalue weighted by Gasteiger charge is 2.35. The summed E-state index contributed by atoms with van der Waals surface area (Å²) in [4.78, 5) is 36.2. The first kappa shape index (κ1) is 21.7. The minimum Gasteiger partial charge on any atom is -0.456 e. The van der Waals surface area contributed by atoms with Crippen LogP contribution in [0.3, 0.4) is 0 Å². The zero-order chi connectivity index (χ0) is 22.8. The predicted octanol–water partition coefficient (Wildman–Crippen LogP) is 4.35. The fourth-order valence-electron chi connectivity index (χ4n) is 3.69. The van der Waals surface area contributed by atoms with Crippen molar-refractivity contribution < 1.29 is 14.3 Å². The maximum Gasteiger partial charge on any atom is 0.236 e. The first-order valence-corrected chi connectivity index (χ1v) is 11.9. The fraction of sp³-hybridized carbons (Fsp3) is 0.250. The van der Waals surface area contributed by atoms with Gasteiger partial charge in [0.25, 0.3) is 0 Å². The third-order valence-electron chi connectivity index (χ3n) is 5.53. The Morgan fingerprint density at radius 3 is 2.64 bits per heavy atom. The molecular formula is C24H21ClN4O3S. The zero-order valence-electron chi connectivity index (χ0n) is 17.7. The third kappa shape index (κ3) is 4.96. The lowest BCUT2D eigenvalue weighted by molar-refractivity contribution is -0.133. The van der Waals surface area contributed by atoms with Crippen molar-refractivity contribution in [3.8, 4) is 11.5 Å². The number of thioether (sulfide) groups is 1. The monoisotopic (exact) mass is 480 g/mol. The summed E-state index contributed by atoms with van der Waals surface area (Å²) in [5.41, 5.74) is 1.75. The molecule has 0 spiro atoms. The molecule has 1 atom stereocenters. The smallest absolute Gasteiger partial charge is 0.236 e. The number of amides is 2. The molecule has 0 aliphatic carbocycles. The maximum atomic E-state index is 12.6. The van der Waals surface area contributed by atoms with E-state index in [9.17, 15) is 9.59 Å². The number of likely N-dealkylation sites (tertiary alicyclic amines) is 1. The van der Waals surface area contributed by atoms with Gasteiger partial charge in [0, 0.05) is 38.0 Å². The SMILES string of the molecule is O=C(Cc1ccc(Oc2ccnc3c2SC(C(=O)N2CCC2)C3)cc1)Nc1ccc(Cl)cn1. The number of carbonyl (C=O) groups is 2. The van der Waals surface area contributed by atoms with E-state index in [0.29, 0.717) is 28.8 Å². The van der Waals surface area contributed by atoms with E-state index >= 15 is 0 Å². The Labute approximate surface area is 200 Å². The first-order chi connectivity index (χ1) is 16.0. The zero-order valence-corrected chi connectivity index (χ0v) is 19.2. The van der Waals surface area contributed by atoms with Crippen molar-refractivity contribution in [2.75, 3.05) is 18.4 Å². The Morgan fingerprint density at radius 1 is 1.12 bits per heavy atom. The van der Waals surface area contributed by atoms with E-state index in [1.165, 1.54) is 18.0 Å². The normalized spacial score (nSPS) is 16.6. The van der Waals surface area contributed by atoms with Crippen LogP contribution < -0.4 is 10.1 Å². The average molecular weight is 481 g/mol. The van der Waals surface area contributed by atoms with Gasteiger partial charge in [-0.2, -0.15) is 0 Å². The molecule has 3 aromatic rings. The highest BCUT2D eigenvalue weighted by atomic mass is 35.5. The number of rotatable bonds is 6. The van der Waals surface area contributed by atoms with Crippen LogP contribution in [0.15, 0.2) is 59.8 Å². The lowest BCUT2D eigenvalue weighted by Gasteiger charge is -2.32. The molecule has 1 N–H and O–H groups in total. The number of benzene rings is 1. The van der Waals surface area contributed by atoms with Gasteiger partial charge in [-0.15, -0.1) is 11.8 Å². The van der Waals surface area contributed by atoms with Crippen LogP contribution in [0.5, 0.6) is 11.5 Å². The highest BCUT2D eigenvalue weighted by molar-refractivity contribution is 8.01. The minimum absolute atomic E-state index is 0.131. The van der Waals surface area contributed by atoms with E-state index < -0.39 is 0 Å². The van der Waals surface area contributed by atoms with E-state index in [-0.39, 0.29) is 23.5 Å². The largest absolute Gasteiger partial charge is 0.456 e. The molecule has 1 unspecified atom stereocenters. The highest BCUT2D eigenvalue weighted by Crippen LogP contribution is 2.44. The summed E-state index contributed by atoms with van der Waals surface area (Å²) < 4.78 is 6.11. The molecule has 1 fully saturated rings. The Morgan fingerprint density at radius 2 is 1.94 bits per heavy atom. The van der Waals surface area contributed by atoms with Gasteiger partial charge in [-0.3, -0.25) is 14.6 Å². The number of pyridine rings is 2. The van der Waals surface area contributed by atoms with Crippen molar-refractivity contribution in [3.05, 3.63) is 71.1 Å². The van der Waals surface area contributed by atoms with Gasteiger partial charge in [-0.1, -0.05) is 23.7 Å². The van der Waals surface area contributed by atoms with Crippen molar-refractivity contribution in [2.45, 2.75) is 29.4 Å². The maximum absolute atomic E-state index is 12.6. The standard InChI is InChI=1S/C24H21ClN4O3S/c25-16-4-7-21(27-14-16)28-22(30)12-15-2-5-17(6-3-15)32-19-8-9-26-18-13-20(33-23(18)19)24(31)29-10-1-11-29/h2-9,14,20H,1,10-13H2,(H,27,28,30). The molecule has 4 heterocycles. The van der Waals surface area contributed by atoms with Crippen molar-refractivity contribution in [2.24, 2.45) is 0 Å². The van der Waals surface area contributed by atoms with Crippen molar-refractivity contribution in [1.82, 2.24) is 14.9 Å². The van der Waals surface area contributed by atoms with Gasteiger partial charge in [-0.05, 0) is 36.2 Å². The van der Waals surface area contributed by atoms with Crippen molar-refractivity contribution in [1.29, 1.82) is 0 Å². The number of anilines is 1. The molecule has 7 nitrogen and oxygen atoms in total. The molecule has 0 radical (unpaired) electrons. The summed E-state index contributed by atoms with van der Waals surface area (Å²) in [5, 5.41) is 3.13. The number of aromatic nitrogens is 2. The average Bonchev–Trinajstić information content (AvgIpc) is 3.21. The van der Waals surface area contributed by atoms with Crippen LogP contribution >= 0.6 is 23.4 Å². The van der Waals surface area contributed by atoms with E-state index in [2.05, 4.69) is 15.3 Å². The molecular weight excluding hydrogens is 460 g/mol. The number of fused-ring (bicyclic) bond motifs is 1. The lowest BCUT2D eigenvalue weighted by Crippen LogP contribution is -2.46. The molecule has 9 heteroatoms. The van der Waals surface area contributed by atoms with E-state index in [4.69, 9.17) is 16.3 Å². The van der Waals surface area contributed by atoms with Crippen LogP contribution in [0, 0.1) is 0 Å². The van der Waals surface area contributed by atoms with Gasteiger partial charge in [0.2, 0.25) is 11.8 Å². The van der Waals surface area contributed by atoms with Gasteiger partial charge in [0.1, 0.15) is 17.3 Å². The van der Waals surface area contributed by atoms with Gasteiger partial charge >= 0.3 is 0 Å². The van der Waals surface area contributed by atoms with E-state index in [1.807, 2.05) is 35.2 Å². The minimum atomic E-state index is -0.167. The van der Waals surface area contributed by atoms with E-state index in [1.54, 1.807) is 18.3 Å². The number of hydrogen-bond donors (Lipinski definition) is 1. The van der Waals surface area contributed by atoms with Crippen LogP contribution in [0.25, 0.3) is 0 Å². The first-order valence-electron chi connectivity index (χ1n) is 10.7. The molecule has 0 saturated carbocycles. The van der Waals surface area contributed by atoms with E-state index in [0.717, 1.165) is 35.7 Å². The molecule has 33 heavy (non-hydrogen) atoms. The van der Waals surface area contributed by atoms with Crippen LogP contribution in [-0.2, 0) is 22.4 Å². The fourth-order valence-corrected chi connectivity index (χ4v) is 5.07. The summed E-state index contributed by atoms with van der Waals surface area (Å²) in [7, 11) is 0. The van der Waals surface area contributed by atoms with Crippen molar-refractivity contribution >= 4 is 41.0 Å². The van der Waals surface area contributed by atoms with Crippen LogP contribution in [-0.4, -0.2) is 45.0 Å². The number of ether oxygens (including phenoxy) is 1. The lowest BCUT2D eigenvalue weighted by atomic mass is 10.1. The third-order valence-corrected chi connectivity index (χ3v) is 7.08. The Kier molecular flexibility index (Phi) is 6.20. The summed E-state index contributed by atoms with van der Waals surface area (Å²) in [6.07, 6.45) is 5.13. The van der Waals surface area contributed by atoms with Gasteiger partial charge in [0.05, 0.1) is 27.3 Å². The van der Waals surface area contributed by atoms with Crippen molar-refractivity contribution in [3.63, 3.8) is 0 Å². The molecule has 0 bridgehead atoms. The molecule has 2 aliphatic heterocycles. The molecule has 1 saturated heterocycles. The number of nitrogens with zero attached hydrogens (tertiary/aromatic N) is 3. The number of nitrogens with one attached hydrogen (secondary N) is 1. The molecule has 2 aromatic heterocycles. The number of halogens is 1. The van der Waals surface area contributed by atoms with Gasteiger partial charge in [0.15, 0.2) is 0 Å². The van der Waals surface area contributed by atoms with Gasteiger partial charge < -0.3 is 15.0 Å². The second-order valence-electron chi connectivity index (χ2n) is 7.91. The number of carbonyl (C=O) groups excluding carboxylic acids is 2. The second kappa shape index (κ2) is 9.41. The van der Waals surface area contributed by atoms with Gasteiger partial charge in [-0.25, -0.2) is 4.98 Å². The Hall–Kier alpha value is -3.10. The summed E-state index contributed by atoms with van der Waals surface area (Å²) in [5.74, 6) is 1.83. The summed E-state index contributed by atoms with van der Waals surface area (Å²) in [6, 6.07) is 12.5. The quantitative estimate of drug-likeness (QED) is 0.564. The Balaban J connectivity index is 1.21. The molecule has 168 valence electrons. The number of hydrogen-bond acceptors (Lipinski definition) is 6.